The summed E-state index contributed by atoms with van der Waals surface area (Å²) in [5.74, 6) is -0.159. The van der Waals surface area contributed by atoms with Crippen molar-refractivity contribution in [3.8, 4) is 0 Å². The molecule has 0 amide bonds. The van der Waals surface area contributed by atoms with E-state index in [2.05, 4.69) is 24.3 Å². The molecule has 0 spiro atoms. The van der Waals surface area contributed by atoms with Crippen molar-refractivity contribution in [2.45, 2.75) is 56.7 Å². The molecule has 0 bridgehead atoms. The average Bonchev–Trinajstić information content (AvgIpc) is 2.45. The highest BCUT2D eigenvalue weighted by atomic mass is 16.5. The Labute approximate surface area is 120 Å². The predicted molar refractivity (Wildman–Crippen MR) is 76.4 cm³/mol. The largest absolute Gasteiger partial charge is 0.469 e. The molecule has 1 aromatic rings. The van der Waals surface area contributed by atoms with Crippen molar-refractivity contribution in [3.63, 3.8) is 0 Å². The maximum Gasteiger partial charge on any atom is 0.308 e. The number of benzene rings is 1. The van der Waals surface area contributed by atoms with E-state index in [1.807, 2.05) is 0 Å². The van der Waals surface area contributed by atoms with E-state index in [1.54, 1.807) is 0 Å². The van der Waals surface area contributed by atoms with Gasteiger partial charge < -0.3 is 9.47 Å². The molecule has 108 valence electrons. The van der Waals surface area contributed by atoms with Crippen LogP contribution in [0.2, 0.25) is 0 Å². The molecule has 0 radical (unpaired) electrons. The molecule has 1 saturated carbocycles. The first-order valence-corrected chi connectivity index (χ1v) is 7.55. The molecular formula is C17H22O3. The van der Waals surface area contributed by atoms with Gasteiger partial charge in [0, 0.05) is 0 Å². The molecule has 0 aliphatic heterocycles. The SMILES string of the molecule is COC(=O)CC1(OC2CCCc3ccccc32)CCC1. The molecule has 1 fully saturated rings. The molecule has 3 nitrogen and oxygen atoms in total. The van der Waals surface area contributed by atoms with E-state index in [4.69, 9.17) is 9.47 Å². The fourth-order valence-corrected chi connectivity index (χ4v) is 3.38. The Kier molecular flexibility index (Phi) is 3.79. The van der Waals surface area contributed by atoms with E-state index in [0.717, 1.165) is 38.5 Å². The molecule has 2 aliphatic rings. The van der Waals surface area contributed by atoms with Crippen LogP contribution in [-0.2, 0) is 20.7 Å². The highest BCUT2D eigenvalue weighted by molar-refractivity contribution is 5.70. The summed E-state index contributed by atoms with van der Waals surface area (Å²) in [5.41, 5.74) is 2.44. The topological polar surface area (TPSA) is 35.5 Å². The van der Waals surface area contributed by atoms with E-state index in [0.29, 0.717) is 6.42 Å². The molecule has 3 rings (SSSR count). The highest BCUT2D eigenvalue weighted by Gasteiger charge is 2.43. The number of hydrogen-bond donors (Lipinski definition) is 0. The van der Waals surface area contributed by atoms with Crippen molar-refractivity contribution >= 4 is 5.97 Å². The Morgan fingerprint density at radius 2 is 2.10 bits per heavy atom. The second-order valence-electron chi connectivity index (χ2n) is 5.99. The summed E-state index contributed by atoms with van der Waals surface area (Å²) in [6.07, 6.45) is 6.98. The van der Waals surface area contributed by atoms with Crippen molar-refractivity contribution in [3.05, 3.63) is 35.4 Å². The quantitative estimate of drug-likeness (QED) is 0.787. The van der Waals surface area contributed by atoms with Gasteiger partial charge in [-0.2, -0.15) is 0 Å². The molecule has 0 N–H and O–H groups in total. The van der Waals surface area contributed by atoms with Crippen LogP contribution in [0.25, 0.3) is 0 Å². The minimum Gasteiger partial charge on any atom is -0.469 e. The van der Waals surface area contributed by atoms with Crippen LogP contribution in [0, 0.1) is 0 Å². The molecule has 1 atom stereocenters. The molecule has 0 aromatic heterocycles. The minimum atomic E-state index is -0.276. The van der Waals surface area contributed by atoms with E-state index < -0.39 is 0 Å². The molecule has 20 heavy (non-hydrogen) atoms. The zero-order valence-electron chi connectivity index (χ0n) is 12.1. The van der Waals surface area contributed by atoms with Crippen molar-refractivity contribution in [2.24, 2.45) is 0 Å². The molecule has 2 aliphatic carbocycles. The monoisotopic (exact) mass is 274 g/mol. The van der Waals surface area contributed by atoms with Crippen LogP contribution in [0.3, 0.4) is 0 Å². The number of aryl methyl sites for hydroxylation is 1. The van der Waals surface area contributed by atoms with Crippen LogP contribution in [0.4, 0.5) is 0 Å². The maximum absolute atomic E-state index is 11.6. The van der Waals surface area contributed by atoms with Gasteiger partial charge in [-0.1, -0.05) is 24.3 Å². The highest BCUT2D eigenvalue weighted by Crippen LogP contribution is 2.45. The molecule has 1 unspecified atom stereocenters. The van der Waals surface area contributed by atoms with Gasteiger partial charge in [0.25, 0.3) is 0 Å². The smallest absolute Gasteiger partial charge is 0.308 e. The Morgan fingerprint density at radius 1 is 1.30 bits per heavy atom. The van der Waals surface area contributed by atoms with Gasteiger partial charge >= 0.3 is 5.97 Å². The molecule has 1 aromatic carbocycles. The van der Waals surface area contributed by atoms with Gasteiger partial charge in [-0.3, -0.25) is 4.79 Å². The summed E-state index contributed by atoms with van der Waals surface area (Å²) in [7, 11) is 1.45. The van der Waals surface area contributed by atoms with Crippen LogP contribution in [0.1, 0.15) is 55.8 Å². The van der Waals surface area contributed by atoms with E-state index >= 15 is 0 Å². The Bertz CT molecular complexity index is 491. The van der Waals surface area contributed by atoms with E-state index in [9.17, 15) is 4.79 Å². The van der Waals surface area contributed by atoms with Crippen LogP contribution >= 0.6 is 0 Å². The number of esters is 1. The lowest BCUT2D eigenvalue weighted by Crippen LogP contribution is -2.43. The zero-order valence-corrected chi connectivity index (χ0v) is 12.1. The average molecular weight is 274 g/mol. The number of carbonyl (C=O) groups excluding carboxylic acids is 1. The number of carbonyl (C=O) groups is 1. The first-order valence-electron chi connectivity index (χ1n) is 7.55. The van der Waals surface area contributed by atoms with Crippen molar-refractivity contribution in [1.82, 2.24) is 0 Å². The predicted octanol–water partition coefficient (Wildman–Crippen LogP) is 3.57. The summed E-state index contributed by atoms with van der Waals surface area (Å²) in [6.45, 7) is 0. The Hall–Kier alpha value is -1.35. The fraction of sp³-hybridized carbons (Fsp3) is 0.588. The van der Waals surface area contributed by atoms with Crippen molar-refractivity contribution in [2.75, 3.05) is 7.11 Å². The first kappa shape index (κ1) is 13.6. The summed E-state index contributed by atoms with van der Waals surface area (Å²) in [6, 6.07) is 8.53. The van der Waals surface area contributed by atoms with Crippen LogP contribution in [0.15, 0.2) is 24.3 Å². The third kappa shape index (κ3) is 2.59. The van der Waals surface area contributed by atoms with Gasteiger partial charge in [0.05, 0.1) is 25.2 Å². The first-order chi connectivity index (χ1) is 9.72. The summed E-state index contributed by atoms with van der Waals surface area (Å²) in [5, 5.41) is 0. The van der Waals surface area contributed by atoms with Crippen LogP contribution in [-0.4, -0.2) is 18.7 Å². The summed E-state index contributed by atoms with van der Waals surface area (Å²) >= 11 is 0. The van der Waals surface area contributed by atoms with Gasteiger partial charge in [-0.05, 0) is 49.7 Å². The van der Waals surface area contributed by atoms with Crippen LogP contribution in [0.5, 0.6) is 0 Å². The third-order valence-corrected chi connectivity index (χ3v) is 4.67. The van der Waals surface area contributed by atoms with Crippen molar-refractivity contribution in [1.29, 1.82) is 0 Å². The van der Waals surface area contributed by atoms with Crippen molar-refractivity contribution < 1.29 is 14.3 Å². The zero-order chi connectivity index (χ0) is 14.0. The fourth-order valence-electron chi connectivity index (χ4n) is 3.38. The summed E-state index contributed by atoms with van der Waals surface area (Å²) < 4.78 is 11.2. The molecule has 3 heteroatoms. The van der Waals surface area contributed by atoms with Gasteiger partial charge in [-0.15, -0.1) is 0 Å². The lowest BCUT2D eigenvalue weighted by molar-refractivity contribution is -0.172. The third-order valence-electron chi connectivity index (χ3n) is 4.67. The van der Waals surface area contributed by atoms with Gasteiger partial charge in [0.15, 0.2) is 0 Å². The van der Waals surface area contributed by atoms with E-state index in [-0.39, 0.29) is 17.7 Å². The standard InChI is InChI=1S/C17H22O3/c1-19-16(18)12-17(10-5-11-17)20-15-9-4-7-13-6-2-3-8-14(13)15/h2-3,6,8,15H,4-5,7,9-12H2,1H3. The number of fused-ring (bicyclic) bond motifs is 1. The number of methoxy groups -OCH3 is 1. The lowest BCUT2D eigenvalue weighted by Gasteiger charge is -2.44. The number of rotatable bonds is 4. The van der Waals surface area contributed by atoms with Gasteiger partial charge in [0.2, 0.25) is 0 Å². The van der Waals surface area contributed by atoms with Gasteiger partial charge in [0.1, 0.15) is 0 Å². The van der Waals surface area contributed by atoms with Crippen LogP contribution < -0.4 is 0 Å². The van der Waals surface area contributed by atoms with Gasteiger partial charge in [-0.25, -0.2) is 0 Å². The Balaban J connectivity index is 1.76. The number of hydrogen-bond acceptors (Lipinski definition) is 3. The number of ether oxygens (including phenoxy) is 2. The molecule has 0 saturated heterocycles. The molecule has 0 heterocycles. The molecular weight excluding hydrogens is 252 g/mol. The Morgan fingerprint density at radius 3 is 2.80 bits per heavy atom. The lowest BCUT2D eigenvalue weighted by atomic mass is 9.76. The maximum atomic E-state index is 11.6. The van der Waals surface area contributed by atoms with E-state index in [1.165, 1.54) is 18.2 Å². The normalized spacial score (nSPS) is 23.6. The minimum absolute atomic E-state index is 0.143. The second-order valence-corrected chi connectivity index (χ2v) is 5.99. The second kappa shape index (κ2) is 5.57. The summed E-state index contributed by atoms with van der Waals surface area (Å²) in [4.78, 5) is 11.6.